The third kappa shape index (κ3) is 4.28. The van der Waals surface area contributed by atoms with E-state index in [1.807, 2.05) is 36.4 Å². The predicted molar refractivity (Wildman–Crippen MR) is 136 cm³/mol. The van der Waals surface area contributed by atoms with Crippen molar-refractivity contribution in [3.63, 3.8) is 0 Å². The zero-order chi connectivity index (χ0) is 22.9. The zero-order valence-electron chi connectivity index (χ0n) is 18.6. The van der Waals surface area contributed by atoms with Gasteiger partial charge in [0.05, 0.1) is 5.56 Å². The van der Waals surface area contributed by atoms with Crippen LogP contribution in [-0.2, 0) is 12.8 Å². The highest BCUT2D eigenvalue weighted by Gasteiger charge is 2.34. The van der Waals surface area contributed by atoms with Crippen LogP contribution in [0, 0.1) is 22.7 Å². The zero-order valence-corrected chi connectivity index (χ0v) is 20.3. The van der Waals surface area contributed by atoms with Crippen LogP contribution in [-0.4, -0.2) is 11.0 Å². The van der Waals surface area contributed by atoms with E-state index in [-0.39, 0.29) is 16.4 Å². The molecule has 2 aromatic carbocycles. The lowest BCUT2D eigenvalue weighted by molar-refractivity contribution is 0.0979. The first-order valence-corrected chi connectivity index (χ1v) is 12.2. The lowest BCUT2D eigenvalue weighted by Crippen LogP contribution is -2.34. The number of benzene rings is 2. The number of nitrogens with one attached hydrogen (secondary N) is 2. The van der Waals surface area contributed by atoms with Gasteiger partial charge in [-0.15, -0.1) is 11.3 Å². The largest absolute Gasteiger partial charge is 0.323 e. The first-order valence-electron chi connectivity index (χ1n) is 11.0. The Balaban J connectivity index is 1.52. The summed E-state index contributed by atoms with van der Waals surface area (Å²) in [6.07, 6.45) is 4.14. The molecule has 0 fully saturated rings. The third-order valence-electron chi connectivity index (χ3n) is 6.88. The molecule has 6 heteroatoms. The number of thiophene rings is 1. The second kappa shape index (κ2) is 9.01. The molecule has 2 N–H and O–H groups in total. The molecule has 164 valence electrons. The maximum Gasteiger partial charge on any atom is 0.258 e. The summed E-state index contributed by atoms with van der Waals surface area (Å²) in [6, 6.07) is 15.8. The Labute approximate surface area is 198 Å². The van der Waals surface area contributed by atoms with E-state index < -0.39 is 0 Å². The number of hydrogen-bond acceptors (Lipinski definition) is 4. The summed E-state index contributed by atoms with van der Waals surface area (Å²) >= 11 is 7.04. The van der Waals surface area contributed by atoms with E-state index in [2.05, 4.69) is 37.5 Å². The molecule has 0 radical (unpaired) electrons. The fourth-order valence-electron chi connectivity index (χ4n) is 4.48. The van der Waals surface area contributed by atoms with Gasteiger partial charge in [-0.1, -0.05) is 63.6 Å². The van der Waals surface area contributed by atoms with Gasteiger partial charge < -0.3 is 5.32 Å². The Morgan fingerprint density at radius 3 is 2.75 bits per heavy atom. The molecule has 4 nitrogen and oxygen atoms in total. The maximum absolute atomic E-state index is 12.9. The summed E-state index contributed by atoms with van der Waals surface area (Å²) in [5.41, 5.74) is 2.66. The molecule has 0 unspecified atom stereocenters. The third-order valence-corrected chi connectivity index (χ3v) is 8.26. The van der Waals surface area contributed by atoms with E-state index >= 15 is 0 Å². The first kappa shape index (κ1) is 22.4. The van der Waals surface area contributed by atoms with Crippen LogP contribution in [0.1, 0.15) is 60.0 Å². The minimum Gasteiger partial charge on any atom is -0.323 e. The fourth-order valence-corrected chi connectivity index (χ4v) is 6.02. The minimum atomic E-state index is -0.260. The summed E-state index contributed by atoms with van der Waals surface area (Å²) in [7, 11) is 0. The van der Waals surface area contributed by atoms with Gasteiger partial charge in [-0.05, 0) is 65.2 Å². The molecule has 3 aromatic rings. The molecule has 1 atom stereocenters. The predicted octanol–water partition coefficient (Wildman–Crippen LogP) is 6.44. The van der Waals surface area contributed by atoms with Gasteiger partial charge in [0.15, 0.2) is 5.11 Å². The topological polar surface area (TPSA) is 64.9 Å². The Morgan fingerprint density at radius 2 is 2.00 bits per heavy atom. The summed E-state index contributed by atoms with van der Waals surface area (Å²) in [5.74, 6) is 0.347. The van der Waals surface area contributed by atoms with E-state index in [1.165, 1.54) is 4.88 Å². The summed E-state index contributed by atoms with van der Waals surface area (Å²) in [5, 5.41) is 18.6. The van der Waals surface area contributed by atoms with Gasteiger partial charge in [-0.2, -0.15) is 5.26 Å². The molecule has 0 saturated heterocycles. The van der Waals surface area contributed by atoms with Gasteiger partial charge in [0, 0.05) is 10.4 Å². The normalized spacial score (nSPS) is 15.6. The van der Waals surface area contributed by atoms with Crippen molar-refractivity contribution in [3.05, 3.63) is 64.0 Å². The molecule has 1 aliphatic carbocycles. The number of nitrogens with zero attached hydrogens (tertiary/aromatic N) is 1. The molecule has 0 aliphatic heterocycles. The molecule has 32 heavy (non-hydrogen) atoms. The van der Waals surface area contributed by atoms with Gasteiger partial charge in [0.2, 0.25) is 0 Å². The van der Waals surface area contributed by atoms with Crippen LogP contribution < -0.4 is 10.6 Å². The number of carbonyl (C=O) groups is 1. The number of rotatable bonds is 4. The Bertz CT molecular complexity index is 1230. The highest BCUT2D eigenvalue weighted by molar-refractivity contribution is 7.80. The number of nitriles is 1. The van der Waals surface area contributed by atoms with E-state index in [1.54, 1.807) is 17.4 Å². The second-order valence-electron chi connectivity index (χ2n) is 9.04. The van der Waals surface area contributed by atoms with Gasteiger partial charge >= 0.3 is 0 Å². The standard InChI is InChI=1S/C26H27N3OS2/c1-4-26(2,3)17-12-13-19-21(15-27)24(32-22(19)14-17)29-25(31)28-23(30)20-11-7-9-16-8-5-6-10-18(16)20/h5-11,17H,4,12-14H2,1-3H3,(H2,28,29,30,31)/t17-/m1/s1. The van der Waals surface area contributed by atoms with Gasteiger partial charge in [-0.3, -0.25) is 10.1 Å². The number of anilines is 1. The van der Waals surface area contributed by atoms with Gasteiger partial charge in [0.1, 0.15) is 11.1 Å². The highest BCUT2D eigenvalue weighted by Crippen LogP contribution is 2.45. The van der Waals surface area contributed by atoms with Crippen LogP contribution in [0.2, 0.25) is 0 Å². The fraction of sp³-hybridized carbons (Fsp3) is 0.346. The molecule has 0 saturated carbocycles. The quantitative estimate of drug-likeness (QED) is 0.439. The van der Waals surface area contributed by atoms with E-state index in [9.17, 15) is 10.1 Å². The number of amides is 1. The van der Waals surface area contributed by atoms with Crippen molar-refractivity contribution < 1.29 is 4.79 Å². The SMILES string of the molecule is CCC(C)(C)[C@@H]1CCc2c(sc(NC(=S)NC(=O)c3cccc4ccccc34)c2C#N)C1. The van der Waals surface area contributed by atoms with Crippen LogP contribution in [0.3, 0.4) is 0 Å². The van der Waals surface area contributed by atoms with Crippen molar-refractivity contribution in [2.45, 2.75) is 46.5 Å². The first-order chi connectivity index (χ1) is 15.3. The minimum absolute atomic E-state index is 0.212. The number of fused-ring (bicyclic) bond motifs is 2. The van der Waals surface area contributed by atoms with Crippen LogP contribution in [0.15, 0.2) is 42.5 Å². The van der Waals surface area contributed by atoms with E-state index in [0.29, 0.717) is 17.0 Å². The van der Waals surface area contributed by atoms with Crippen molar-refractivity contribution in [1.82, 2.24) is 5.32 Å². The van der Waals surface area contributed by atoms with Gasteiger partial charge in [-0.25, -0.2) is 0 Å². The van der Waals surface area contributed by atoms with E-state index in [0.717, 1.165) is 47.0 Å². The molecule has 1 heterocycles. The van der Waals surface area contributed by atoms with Crippen LogP contribution in [0.25, 0.3) is 10.8 Å². The Kier molecular flexibility index (Phi) is 6.32. The van der Waals surface area contributed by atoms with E-state index in [4.69, 9.17) is 12.2 Å². The van der Waals surface area contributed by atoms with Crippen LogP contribution in [0.5, 0.6) is 0 Å². The lowest BCUT2D eigenvalue weighted by Gasteiger charge is -2.36. The molecule has 4 rings (SSSR count). The van der Waals surface area contributed by atoms with Gasteiger partial charge in [0.25, 0.3) is 5.91 Å². The molecular formula is C26H27N3OS2. The molecule has 0 spiro atoms. The van der Waals surface area contributed by atoms with Crippen molar-refractivity contribution >= 4 is 50.3 Å². The number of carbonyl (C=O) groups excluding carboxylic acids is 1. The average molecular weight is 462 g/mol. The smallest absolute Gasteiger partial charge is 0.258 e. The maximum atomic E-state index is 12.9. The highest BCUT2D eigenvalue weighted by atomic mass is 32.1. The monoisotopic (exact) mass is 461 g/mol. The summed E-state index contributed by atoms with van der Waals surface area (Å²) < 4.78 is 0. The van der Waals surface area contributed by atoms with Crippen LogP contribution in [0.4, 0.5) is 5.00 Å². The molecular weight excluding hydrogens is 434 g/mol. The van der Waals surface area contributed by atoms with Crippen molar-refractivity contribution in [3.8, 4) is 6.07 Å². The van der Waals surface area contributed by atoms with Crippen molar-refractivity contribution in [2.75, 3.05) is 5.32 Å². The molecule has 1 amide bonds. The molecule has 0 bridgehead atoms. The summed E-state index contributed by atoms with van der Waals surface area (Å²) in [6.45, 7) is 6.91. The Hall–Kier alpha value is -2.75. The second-order valence-corrected chi connectivity index (χ2v) is 10.5. The van der Waals surface area contributed by atoms with Crippen molar-refractivity contribution in [2.24, 2.45) is 11.3 Å². The van der Waals surface area contributed by atoms with Crippen LogP contribution >= 0.6 is 23.6 Å². The van der Waals surface area contributed by atoms with Crippen molar-refractivity contribution in [1.29, 1.82) is 5.26 Å². The number of thiocarbonyl (C=S) groups is 1. The number of hydrogen-bond donors (Lipinski definition) is 2. The summed E-state index contributed by atoms with van der Waals surface area (Å²) in [4.78, 5) is 14.2. The molecule has 1 aliphatic rings. The Morgan fingerprint density at radius 1 is 1.25 bits per heavy atom. The molecule has 1 aromatic heterocycles. The lowest BCUT2D eigenvalue weighted by atomic mass is 9.69. The average Bonchev–Trinajstić information content (AvgIpc) is 3.14.